The number of aromatic nitrogens is 2. The van der Waals surface area contributed by atoms with E-state index in [0.29, 0.717) is 12.1 Å². The predicted molar refractivity (Wildman–Crippen MR) is 75.7 cm³/mol. The molecule has 1 aromatic heterocycles. The van der Waals surface area contributed by atoms with Gasteiger partial charge in [-0.15, -0.1) is 0 Å². The molecule has 3 nitrogen and oxygen atoms in total. The zero-order valence-electron chi connectivity index (χ0n) is 11.4. The smallest absolute Gasteiger partial charge is 0.138 e. The average Bonchev–Trinajstić information content (AvgIpc) is 2.87. The summed E-state index contributed by atoms with van der Waals surface area (Å²) in [7, 11) is 0. The van der Waals surface area contributed by atoms with Gasteiger partial charge in [-0.2, -0.15) is 0 Å². The number of aliphatic hydroxyl groups excluding tert-OH is 1. The Morgan fingerprint density at radius 1 is 1.40 bits per heavy atom. The van der Waals surface area contributed by atoms with Gasteiger partial charge in [0.2, 0.25) is 0 Å². The first-order valence-corrected chi connectivity index (χ1v) is 6.62. The summed E-state index contributed by atoms with van der Waals surface area (Å²) in [5.74, 6) is 5.75. The lowest BCUT2D eigenvalue weighted by Gasteiger charge is -2.08. The predicted octanol–water partition coefficient (Wildman–Crippen LogP) is 2.37. The normalized spacial score (nSPS) is 10.2. The van der Waals surface area contributed by atoms with E-state index in [2.05, 4.69) is 28.3 Å². The first-order chi connectivity index (χ1) is 9.74. The summed E-state index contributed by atoms with van der Waals surface area (Å²) in [5.41, 5.74) is 1.28. The van der Waals surface area contributed by atoms with E-state index >= 15 is 0 Å². The van der Waals surface area contributed by atoms with Crippen molar-refractivity contribution >= 4 is 0 Å². The molecule has 4 heteroatoms. The molecule has 1 N–H and O–H groups in total. The maximum atomic E-state index is 13.6. The average molecular weight is 272 g/mol. The number of halogens is 1. The zero-order chi connectivity index (χ0) is 14.4. The highest BCUT2D eigenvalue weighted by atomic mass is 19.1. The summed E-state index contributed by atoms with van der Waals surface area (Å²) >= 11 is 0. The van der Waals surface area contributed by atoms with Gasteiger partial charge in [-0.1, -0.05) is 24.8 Å². The highest BCUT2D eigenvalue weighted by molar-refractivity contribution is 5.38. The number of rotatable bonds is 4. The zero-order valence-corrected chi connectivity index (χ0v) is 11.4. The van der Waals surface area contributed by atoms with Crippen LogP contribution in [0.15, 0.2) is 30.6 Å². The van der Waals surface area contributed by atoms with Gasteiger partial charge in [-0.3, -0.25) is 0 Å². The van der Waals surface area contributed by atoms with Gasteiger partial charge in [0, 0.05) is 25.4 Å². The molecule has 2 rings (SSSR count). The van der Waals surface area contributed by atoms with E-state index in [1.54, 1.807) is 18.3 Å². The number of imidazole rings is 1. The summed E-state index contributed by atoms with van der Waals surface area (Å²) in [5, 5.41) is 8.68. The standard InChI is InChI=1S/C16H17FN2O/c1-2-4-16-18-8-9-19(16)12-13-6-7-15(17)14(11-13)5-3-10-20/h6-9,11,20H,2,4,10,12H2,1H3. The third-order valence-electron chi connectivity index (χ3n) is 2.96. The van der Waals surface area contributed by atoms with Crippen LogP contribution < -0.4 is 0 Å². The summed E-state index contributed by atoms with van der Waals surface area (Å²) in [6.07, 6.45) is 5.66. The van der Waals surface area contributed by atoms with E-state index in [9.17, 15) is 4.39 Å². The molecule has 0 saturated heterocycles. The highest BCUT2D eigenvalue weighted by Gasteiger charge is 2.05. The van der Waals surface area contributed by atoms with Crippen molar-refractivity contribution in [2.45, 2.75) is 26.3 Å². The van der Waals surface area contributed by atoms with Crippen molar-refractivity contribution in [2.24, 2.45) is 0 Å². The minimum absolute atomic E-state index is 0.272. The number of aryl methyl sites for hydroxylation is 1. The maximum absolute atomic E-state index is 13.6. The molecule has 0 atom stereocenters. The number of hydrogen-bond donors (Lipinski definition) is 1. The topological polar surface area (TPSA) is 38.0 Å². The molecular weight excluding hydrogens is 255 g/mol. The number of nitrogens with zero attached hydrogens (tertiary/aromatic N) is 2. The van der Waals surface area contributed by atoms with Crippen molar-refractivity contribution in [1.29, 1.82) is 0 Å². The quantitative estimate of drug-likeness (QED) is 0.868. The Balaban J connectivity index is 2.23. The SMILES string of the molecule is CCCc1nccn1Cc1ccc(F)c(C#CCO)c1. The van der Waals surface area contributed by atoms with Crippen LogP contribution in [0.1, 0.15) is 30.3 Å². The fourth-order valence-electron chi connectivity index (χ4n) is 2.03. The summed E-state index contributed by atoms with van der Waals surface area (Å²) < 4.78 is 15.6. The maximum Gasteiger partial charge on any atom is 0.138 e. The van der Waals surface area contributed by atoms with Crippen LogP contribution >= 0.6 is 0 Å². The summed E-state index contributed by atoms with van der Waals surface area (Å²) in [4.78, 5) is 4.32. The number of aliphatic hydroxyl groups is 1. The van der Waals surface area contributed by atoms with E-state index < -0.39 is 0 Å². The first-order valence-electron chi connectivity index (χ1n) is 6.62. The molecule has 0 spiro atoms. The van der Waals surface area contributed by atoms with Gasteiger partial charge in [-0.25, -0.2) is 9.37 Å². The number of hydrogen-bond acceptors (Lipinski definition) is 2. The Bertz CT molecular complexity index is 637. The van der Waals surface area contributed by atoms with E-state index in [0.717, 1.165) is 24.2 Å². The Kier molecular flexibility index (Phi) is 4.91. The van der Waals surface area contributed by atoms with E-state index in [-0.39, 0.29) is 12.4 Å². The lowest BCUT2D eigenvalue weighted by Crippen LogP contribution is -2.04. The second kappa shape index (κ2) is 6.88. The van der Waals surface area contributed by atoms with Crippen LogP contribution in [0.3, 0.4) is 0 Å². The third-order valence-corrected chi connectivity index (χ3v) is 2.96. The minimum atomic E-state index is -0.367. The largest absolute Gasteiger partial charge is 0.384 e. The van der Waals surface area contributed by atoms with E-state index in [1.165, 1.54) is 6.07 Å². The molecule has 0 aliphatic rings. The lowest BCUT2D eigenvalue weighted by atomic mass is 10.1. The van der Waals surface area contributed by atoms with Crippen molar-refractivity contribution in [2.75, 3.05) is 6.61 Å². The minimum Gasteiger partial charge on any atom is -0.384 e. The van der Waals surface area contributed by atoms with Gasteiger partial charge < -0.3 is 9.67 Å². The van der Waals surface area contributed by atoms with Crippen molar-refractivity contribution < 1.29 is 9.50 Å². The Hall–Kier alpha value is -2.12. The fraction of sp³-hybridized carbons (Fsp3) is 0.312. The molecule has 0 radical (unpaired) electrons. The first kappa shape index (κ1) is 14.3. The van der Waals surface area contributed by atoms with Crippen molar-refractivity contribution in [1.82, 2.24) is 9.55 Å². The molecule has 0 unspecified atom stereocenters. The Morgan fingerprint density at radius 3 is 3.00 bits per heavy atom. The van der Waals surface area contributed by atoms with E-state index in [4.69, 9.17) is 5.11 Å². The van der Waals surface area contributed by atoms with Gasteiger partial charge in [0.15, 0.2) is 0 Å². The number of benzene rings is 1. The Labute approximate surface area is 118 Å². The second-order valence-electron chi connectivity index (χ2n) is 4.50. The van der Waals surface area contributed by atoms with Crippen LogP contribution in [-0.2, 0) is 13.0 Å². The molecule has 0 fully saturated rings. The van der Waals surface area contributed by atoms with Gasteiger partial charge >= 0.3 is 0 Å². The summed E-state index contributed by atoms with van der Waals surface area (Å²) in [6.45, 7) is 2.48. The van der Waals surface area contributed by atoms with Crippen molar-refractivity contribution in [3.8, 4) is 11.8 Å². The van der Waals surface area contributed by atoms with Gasteiger partial charge in [0.1, 0.15) is 18.2 Å². The molecule has 0 amide bonds. The molecule has 1 aromatic carbocycles. The van der Waals surface area contributed by atoms with Crippen molar-refractivity contribution in [3.05, 3.63) is 53.4 Å². The van der Waals surface area contributed by atoms with Crippen LogP contribution in [0.25, 0.3) is 0 Å². The molecule has 2 aromatic rings. The lowest BCUT2D eigenvalue weighted by molar-refractivity contribution is 0.350. The highest BCUT2D eigenvalue weighted by Crippen LogP contribution is 2.12. The molecule has 0 saturated carbocycles. The molecule has 0 aliphatic heterocycles. The van der Waals surface area contributed by atoms with Crippen LogP contribution in [0.4, 0.5) is 4.39 Å². The molecule has 20 heavy (non-hydrogen) atoms. The third kappa shape index (κ3) is 3.46. The van der Waals surface area contributed by atoms with Crippen LogP contribution in [0.5, 0.6) is 0 Å². The fourth-order valence-corrected chi connectivity index (χ4v) is 2.03. The van der Waals surface area contributed by atoms with Gasteiger partial charge in [-0.05, 0) is 24.1 Å². The van der Waals surface area contributed by atoms with Crippen LogP contribution in [0.2, 0.25) is 0 Å². The van der Waals surface area contributed by atoms with Gasteiger partial charge in [0.25, 0.3) is 0 Å². The van der Waals surface area contributed by atoms with Crippen molar-refractivity contribution in [3.63, 3.8) is 0 Å². The Morgan fingerprint density at radius 2 is 2.25 bits per heavy atom. The molecular formula is C16H17FN2O. The molecule has 0 aliphatic carbocycles. The van der Waals surface area contributed by atoms with E-state index in [1.807, 2.05) is 6.20 Å². The summed E-state index contributed by atoms with van der Waals surface area (Å²) in [6, 6.07) is 4.87. The molecule has 0 bridgehead atoms. The van der Waals surface area contributed by atoms with Crippen LogP contribution in [-0.4, -0.2) is 21.3 Å². The van der Waals surface area contributed by atoms with Gasteiger partial charge in [0.05, 0.1) is 5.56 Å². The molecule has 1 heterocycles. The van der Waals surface area contributed by atoms with Crippen LogP contribution in [0, 0.1) is 17.7 Å². The second-order valence-corrected chi connectivity index (χ2v) is 4.50. The molecule has 104 valence electrons. The monoisotopic (exact) mass is 272 g/mol.